The van der Waals surface area contributed by atoms with Crippen LogP contribution in [0.5, 0.6) is 5.75 Å². The number of ether oxygens (including phenoxy) is 1. The number of hydrogen-bond donors (Lipinski definition) is 2. The molecule has 2 N–H and O–H groups in total. The van der Waals surface area contributed by atoms with Crippen molar-refractivity contribution in [3.63, 3.8) is 0 Å². The largest absolute Gasteiger partial charge is 0.490 e. The predicted molar refractivity (Wildman–Crippen MR) is 92.2 cm³/mol. The number of hydrogen-bond acceptors (Lipinski definition) is 3. The van der Waals surface area contributed by atoms with Crippen LogP contribution in [0.1, 0.15) is 42.4 Å². The first-order valence-electron chi connectivity index (χ1n) is 8.49. The highest BCUT2D eigenvalue weighted by Crippen LogP contribution is 2.26. The van der Waals surface area contributed by atoms with E-state index in [4.69, 9.17) is 4.74 Å². The monoisotopic (exact) mass is 311 g/mol. The number of nitrogens with one attached hydrogen (secondary N) is 1. The second kappa shape index (κ2) is 8.14. The van der Waals surface area contributed by atoms with E-state index in [0.717, 1.165) is 24.4 Å². The zero-order chi connectivity index (χ0) is 15.9. The molecule has 0 heterocycles. The van der Waals surface area contributed by atoms with Crippen LogP contribution in [-0.2, 0) is 19.7 Å². The highest BCUT2D eigenvalue weighted by atomic mass is 16.5. The molecule has 1 aliphatic rings. The highest BCUT2D eigenvalue weighted by molar-refractivity contribution is 5.33. The van der Waals surface area contributed by atoms with Crippen molar-refractivity contribution in [2.75, 3.05) is 0 Å². The lowest BCUT2D eigenvalue weighted by Crippen LogP contribution is -2.16. The standard InChI is InChI=1S/C20H25NO2/c22-15-17-7-5-6-16(12-17)13-21-14-18-8-1-4-11-20(18)23-19-9-2-3-10-19/h1,4-8,11-12,19,21-22H,2-3,9-10,13-15H2. The zero-order valence-electron chi connectivity index (χ0n) is 13.5. The van der Waals surface area contributed by atoms with E-state index < -0.39 is 0 Å². The van der Waals surface area contributed by atoms with Crippen LogP contribution in [0.25, 0.3) is 0 Å². The first-order chi connectivity index (χ1) is 11.3. The predicted octanol–water partition coefficient (Wildman–Crippen LogP) is 3.79. The van der Waals surface area contributed by atoms with Crippen molar-refractivity contribution in [2.45, 2.75) is 51.5 Å². The lowest BCUT2D eigenvalue weighted by molar-refractivity contribution is 0.207. The van der Waals surface area contributed by atoms with Gasteiger partial charge in [-0.3, -0.25) is 0 Å². The maximum absolute atomic E-state index is 9.20. The smallest absolute Gasteiger partial charge is 0.124 e. The molecule has 23 heavy (non-hydrogen) atoms. The van der Waals surface area contributed by atoms with Crippen LogP contribution in [0.3, 0.4) is 0 Å². The van der Waals surface area contributed by atoms with Crippen molar-refractivity contribution < 1.29 is 9.84 Å². The van der Waals surface area contributed by atoms with E-state index in [0.29, 0.717) is 6.10 Å². The summed E-state index contributed by atoms with van der Waals surface area (Å²) in [6.07, 6.45) is 5.31. The molecule has 2 aromatic rings. The van der Waals surface area contributed by atoms with Crippen molar-refractivity contribution in [3.8, 4) is 5.75 Å². The minimum atomic E-state index is 0.0892. The molecule has 3 heteroatoms. The molecule has 0 aromatic heterocycles. The van der Waals surface area contributed by atoms with Gasteiger partial charge in [-0.2, -0.15) is 0 Å². The fraction of sp³-hybridized carbons (Fsp3) is 0.400. The Balaban J connectivity index is 1.57. The SMILES string of the molecule is OCc1cccc(CNCc2ccccc2OC2CCCC2)c1. The number of para-hydroxylation sites is 1. The second-order valence-corrected chi connectivity index (χ2v) is 6.21. The minimum absolute atomic E-state index is 0.0892. The van der Waals surface area contributed by atoms with Gasteiger partial charge in [0.25, 0.3) is 0 Å². The maximum Gasteiger partial charge on any atom is 0.124 e. The summed E-state index contributed by atoms with van der Waals surface area (Å²) in [5.41, 5.74) is 3.35. The van der Waals surface area contributed by atoms with Gasteiger partial charge in [-0.1, -0.05) is 42.5 Å². The molecule has 1 aliphatic carbocycles. The molecule has 0 saturated heterocycles. The first kappa shape index (κ1) is 16.0. The van der Waals surface area contributed by atoms with Crippen molar-refractivity contribution in [2.24, 2.45) is 0 Å². The Morgan fingerprint density at radius 2 is 1.74 bits per heavy atom. The Bertz CT molecular complexity index is 621. The number of rotatable bonds is 7. The molecule has 0 atom stereocenters. The average Bonchev–Trinajstić information content (AvgIpc) is 3.10. The number of aliphatic hydroxyl groups excluding tert-OH is 1. The Kier molecular flexibility index (Phi) is 5.67. The average molecular weight is 311 g/mol. The van der Waals surface area contributed by atoms with E-state index in [-0.39, 0.29) is 6.61 Å². The van der Waals surface area contributed by atoms with Gasteiger partial charge in [-0.05, 0) is 42.9 Å². The quantitative estimate of drug-likeness (QED) is 0.817. The van der Waals surface area contributed by atoms with Crippen LogP contribution >= 0.6 is 0 Å². The van der Waals surface area contributed by atoms with Crippen molar-refractivity contribution in [3.05, 3.63) is 65.2 Å². The van der Waals surface area contributed by atoms with Crippen LogP contribution < -0.4 is 10.1 Å². The third kappa shape index (κ3) is 4.57. The lowest BCUT2D eigenvalue weighted by atomic mass is 10.1. The summed E-state index contributed by atoms with van der Waals surface area (Å²) in [6.45, 7) is 1.66. The van der Waals surface area contributed by atoms with E-state index in [1.807, 2.05) is 24.3 Å². The lowest BCUT2D eigenvalue weighted by Gasteiger charge is -2.17. The van der Waals surface area contributed by atoms with Crippen molar-refractivity contribution in [1.82, 2.24) is 5.32 Å². The van der Waals surface area contributed by atoms with Gasteiger partial charge in [0.15, 0.2) is 0 Å². The maximum atomic E-state index is 9.20. The molecule has 0 unspecified atom stereocenters. The number of aliphatic hydroxyl groups is 1. The van der Waals surface area contributed by atoms with Gasteiger partial charge in [0.1, 0.15) is 5.75 Å². The molecular formula is C20H25NO2. The van der Waals surface area contributed by atoms with Gasteiger partial charge in [0.2, 0.25) is 0 Å². The van der Waals surface area contributed by atoms with Crippen LogP contribution in [0.2, 0.25) is 0 Å². The summed E-state index contributed by atoms with van der Waals surface area (Å²) in [7, 11) is 0. The summed E-state index contributed by atoms with van der Waals surface area (Å²) in [4.78, 5) is 0. The summed E-state index contributed by atoms with van der Waals surface area (Å²) in [5, 5.41) is 12.7. The minimum Gasteiger partial charge on any atom is -0.490 e. The van der Waals surface area contributed by atoms with Crippen LogP contribution in [0, 0.1) is 0 Å². The van der Waals surface area contributed by atoms with Crippen molar-refractivity contribution >= 4 is 0 Å². The molecule has 3 rings (SSSR count). The first-order valence-corrected chi connectivity index (χ1v) is 8.49. The molecular weight excluding hydrogens is 286 g/mol. The molecule has 0 amide bonds. The second-order valence-electron chi connectivity index (χ2n) is 6.21. The Morgan fingerprint density at radius 3 is 2.57 bits per heavy atom. The molecule has 0 spiro atoms. The molecule has 0 bridgehead atoms. The van der Waals surface area contributed by atoms with Gasteiger partial charge in [0, 0.05) is 18.7 Å². The Morgan fingerprint density at radius 1 is 0.957 bits per heavy atom. The van der Waals surface area contributed by atoms with E-state index in [1.54, 1.807) is 0 Å². The molecule has 2 aromatic carbocycles. The van der Waals surface area contributed by atoms with Gasteiger partial charge in [-0.25, -0.2) is 0 Å². The van der Waals surface area contributed by atoms with Gasteiger partial charge in [0.05, 0.1) is 12.7 Å². The van der Waals surface area contributed by atoms with Gasteiger partial charge in [-0.15, -0.1) is 0 Å². The highest BCUT2D eigenvalue weighted by Gasteiger charge is 2.17. The van der Waals surface area contributed by atoms with E-state index in [2.05, 4.69) is 29.6 Å². The Labute approximate surface area is 138 Å². The third-order valence-electron chi connectivity index (χ3n) is 4.39. The van der Waals surface area contributed by atoms with Crippen LogP contribution in [-0.4, -0.2) is 11.2 Å². The van der Waals surface area contributed by atoms with Crippen molar-refractivity contribution in [1.29, 1.82) is 0 Å². The summed E-state index contributed by atoms with van der Waals surface area (Å²) < 4.78 is 6.17. The normalized spacial score (nSPS) is 15.0. The zero-order valence-corrected chi connectivity index (χ0v) is 13.5. The van der Waals surface area contributed by atoms with Gasteiger partial charge >= 0.3 is 0 Å². The van der Waals surface area contributed by atoms with E-state index in [1.165, 1.54) is 36.8 Å². The molecule has 0 aliphatic heterocycles. The topological polar surface area (TPSA) is 41.5 Å². The fourth-order valence-electron chi connectivity index (χ4n) is 3.13. The molecule has 122 valence electrons. The summed E-state index contributed by atoms with van der Waals surface area (Å²) >= 11 is 0. The van der Waals surface area contributed by atoms with Crippen LogP contribution in [0.4, 0.5) is 0 Å². The van der Waals surface area contributed by atoms with Crippen LogP contribution in [0.15, 0.2) is 48.5 Å². The molecule has 1 saturated carbocycles. The summed E-state index contributed by atoms with van der Waals surface area (Å²) in [5.74, 6) is 1.01. The van der Waals surface area contributed by atoms with Gasteiger partial charge < -0.3 is 15.2 Å². The molecule has 3 nitrogen and oxygen atoms in total. The van der Waals surface area contributed by atoms with E-state index >= 15 is 0 Å². The summed E-state index contributed by atoms with van der Waals surface area (Å²) in [6, 6.07) is 16.3. The molecule has 1 fully saturated rings. The molecule has 0 radical (unpaired) electrons. The fourth-order valence-corrected chi connectivity index (χ4v) is 3.13. The third-order valence-corrected chi connectivity index (χ3v) is 4.39. The number of benzene rings is 2. The Hall–Kier alpha value is -1.84. The van der Waals surface area contributed by atoms with E-state index in [9.17, 15) is 5.11 Å².